The second kappa shape index (κ2) is 8.20. The molecule has 0 aliphatic rings. The Morgan fingerprint density at radius 2 is 1.90 bits per heavy atom. The highest BCUT2D eigenvalue weighted by Crippen LogP contribution is 2.24. The van der Waals surface area contributed by atoms with Gasteiger partial charge in [-0.15, -0.1) is 0 Å². The Kier molecular flexibility index (Phi) is 5.88. The van der Waals surface area contributed by atoms with E-state index < -0.39 is 11.2 Å². The number of hydrogen-bond donors (Lipinski definition) is 1. The molecule has 0 spiro atoms. The van der Waals surface area contributed by atoms with Gasteiger partial charge in [-0.25, -0.2) is 14.8 Å². The Morgan fingerprint density at radius 3 is 2.55 bits per heavy atom. The van der Waals surface area contributed by atoms with Crippen molar-refractivity contribution < 1.29 is 4.79 Å². The summed E-state index contributed by atoms with van der Waals surface area (Å²) in [6.07, 6.45) is 0. The van der Waals surface area contributed by atoms with Gasteiger partial charge in [0, 0.05) is 25.7 Å². The Hall–Kier alpha value is -2.94. The number of nitrogens with one attached hydrogen (secondary N) is 1. The van der Waals surface area contributed by atoms with Crippen LogP contribution in [0.25, 0.3) is 11.0 Å². The molecular weight excluding hydrogens is 390 g/mol. The first-order valence-corrected chi connectivity index (χ1v) is 10.1. The monoisotopic (exact) mass is 413 g/mol. The highest BCUT2D eigenvalue weighted by molar-refractivity contribution is 8.00. The van der Waals surface area contributed by atoms with Crippen LogP contribution in [0.1, 0.15) is 31.2 Å². The number of carbonyl (C=O) groups is 1. The number of carbonyl (C=O) groups excluding carboxylic acids is 1. The number of amides is 1. The summed E-state index contributed by atoms with van der Waals surface area (Å²) in [7, 11) is 2.99. The van der Waals surface area contributed by atoms with Gasteiger partial charge in [-0.1, -0.05) is 37.7 Å². The lowest BCUT2D eigenvalue weighted by atomic mass is 10.2. The van der Waals surface area contributed by atoms with E-state index in [9.17, 15) is 14.4 Å². The fraction of sp³-hybridized carbons (Fsp3) is 0.350. The van der Waals surface area contributed by atoms with Crippen LogP contribution in [-0.4, -0.2) is 30.8 Å². The number of anilines is 1. The highest BCUT2D eigenvalue weighted by Gasteiger charge is 2.19. The van der Waals surface area contributed by atoms with Crippen LogP contribution >= 0.6 is 11.8 Å². The molecule has 2 aromatic heterocycles. The lowest BCUT2D eigenvalue weighted by Crippen LogP contribution is -2.38. The summed E-state index contributed by atoms with van der Waals surface area (Å²) in [4.78, 5) is 46.4. The molecule has 9 heteroatoms. The van der Waals surface area contributed by atoms with Gasteiger partial charge < -0.3 is 5.32 Å². The number of rotatable bonds is 5. The number of hydrogen-bond acceptors (Lipinski definition) is 6. The maximum atomic E-state index is 12.7. The van der Waals surface area contributed by atoms with E-state index in [0.717, 1.165) is 21.9 Å². The maximum absolute atomic E-state index is 12.7. The smallest absolute Gasteiger partial charge is 0.325 e. The van der Waals surface area contributed by atoms with E-state index >= 15 is 0 Å². The molecule has 0 bridgehead atoms. The molecule has 1 aromatic carbocycles. The predicted molar refractivity (Wildman–Crippen MR) is 115 cm³/mol. The van der Waals surface area contributed by atoms with Crippen LogP contribution in [0.5, 0.6) is 0 Å². The van der Waals surface area contributed by atoms with Crippen molar-refractivity contribution in [2.75, 3.05) is 11.1 Å². The molecule has 3 aromatic rings. The first-order chi connectivity index (χ1) is 13.7. The number of fused-ring (bicyclic) bond motifs is 1. The lowest BCUT2D eigenvalue weighted by Gasteiger charge is -2.13. The third-order valence-corrected chi connectivity index (χ3v) is 5.42. The molecule has 29 heavy (non-hydrogen) atoms. The molecule has 8 nitrogen and oxygen atoms in total. The van der Waals surface area contributed by atoms with Crippen molar-refractivity contribution in [1.82, 2.24) is 19.1 Å². The molecule has 0 aliphatic heterocycles. The average Bonchev–Trinajstić information content (AvgIpc) is 2.68. The molecule has 0 saturated carbocycles. The fourth-order valence-electron chi connectivity index (χ4n) is 2.86. The van der Waals surface area contributed by atoms with Crippen LogP contribution in [0.4, 0.5) is 5.69 Å². The highest BCUT2D eigenvalue weighted by atomic mass is 32.2. The third kappa shape index (κ3) is 4.24. The predicted octanol–water partition coefficient (Wildman–Crippen LogP) is 2.19. The molecule has 3 rings (SSSR count). The van der Waals surface area contributed by atoms with Crippen LogP contribution in [0, 0.1) is 6.92 Å². The van der Waals surface area contributed by atoms with Crippen LogP contribution < -0.4 is 16.6 Å². The maximum Gasteiger partial charge on any atom is 0.332 e. The molecule has 1 N–H and O–H groups in total. The topological polar surface area (TPSA) is 98.9 Å². The Morgan fingerprint density at radius 1 is 1.17 bits per heavy atom. The van der Waals surface area contributed by atoms with Crippen molar-refractivity contribution in [3.63, 3.8) is 0 Å². The van der Waals surface area contributed by atoms with Crippen molar-refractivity contribution in [2.45, 2.75) is 31.7 Å². The molecular formula is C20H23N5O3S. The van der Waals surface area contributed by atoms with E-state index in [4.69, 9.17) is 0 Å². The lowest BCUT2D eigenvalue weighted by molar-refractivity contribution is -0.113. The van der Waals surface area contributed by atoms with Gasteiger partial charge >= 0.3 is 5.69 Å². The minimum absolute atomic E-state index is 0.000897. The summed E-state index contributed by atoms with van der Waals surface area (Å²) in [5.74, 6) is 0.380. The van der Waals surface area contributed by atoms with Crippen LogP contribution in [-0.2, 0) is 18.9 Å². The number of benzene rings is 1. The van der Waals surface area contributed by atoms with E-state index in [1.807, 2.05) is 45.0 Å². The summed E-state index contributed by atoms with van der Waals surface area (Å²) in [6.45, 7) is 5.81. The van der Waals surface area contributed by atoms with Crippen molar-refractivity contribution in [2.24, 2.45) is 14.1 Å². The summed E-state index contributed by atoms with van der Waals surface area (Å²) in [5, 5.41) is 3.48. The molecule has 0 saturated heterocycles. The fourth-order valence-corrected chi connectivity index (χ4v) is 3.68. The van der Waals surface area contributed by atoms with Gasteiger partial charge in [-0.2, -0.15) is 0 Å². The Bertz CT molecular complexity index is 1210. The standard InChI is InChI=1S/C20H23N5O3S/c1-11(2)16-22-17-15(19(27)25(5)20(28)24(17)4)18(23-16)29-10-14(26)21-13-8-6-7-12(3)9-13/h6-9,11H,10H2,1-5H3,(H,21,26). The minimum Gasteiger partial charge on any atom is -0.325 e. The van der Waals surface area contributed by atoms with Crippen molar-refractivity contribution in [1.29, 1.82) is 0 Å². The van der Waals surface area contributed by atoms with Crippen molar-refractivity contribution in [3.05, 3.63) is 56.5 Å². The largest absolute Gasteiger partial charge is 0.332 e. The first-order valence-electron chi connectivity index (χ1n) is 9.16. The van der Waals surface area contributed by atoms with Crippen LogP contribution in [0.15, 0.2) is 38.9 Å². The number of aryl methyl sites for hydroxylation is 2. The molecule has 0 aliphatic carbocycles. The number of aromatic nitrogens is 4. The summed E-state index contributed by atoms with van der Waals surface area (Å²) in [5.41, 5.74) is 1.11. The van der Waals surface area contributed by atoms with E-state index in [1.54, 1.807) is 7.05 Å². The van der Waals surface area contributed by atoms with E-state index in [1.165, 1.54) is 11.6 Å². The Balaban J connectivity index is 1.98. The second-order valence-corrected chi connectivity index (χ2v) is 8.12. The van der Waals surface area contributed by atoms with Crippen LogP contribution in [0.3, 0.4) is 0 Å². The van der Waals surface area contributed by atoms with E-state index in [0.29, 0.717) is 16.5 Å². The number of thioether (sulfide) groups is 1. The quantitative estimate of drug-likeness (QED) is 0.509. The van der Waals surface area contributed by atoms with Crippen molar-refractivity contribution in [3.8, 4) is 0 Å². The number of nitrogens with zero attached hydrogens (tertiary/aromatic N) is 4. The normalized spacial score (nSPS) is 11.2. The van der Waals surface area contributed by atoms with Gasteiger partial charge in [0.25, 0.3) is 5.56 Å². The average molecular weight is 414 g/mol. The van der Waals surface area contributed by atoms with Gasteiger partial charge in [-0.05, 0) is 24.6 Å². The molecule has 0 radical (unpaired) electrons. The van der Waals surface area contributed by atoms with Crippen molar-refractivity contribution >= 4 is 34.4 Å². The molecule has 152 valence electrons. The zero-order valence-electron chi connectivity index (χ0n) is 17.0. The SMILES string of the molecule is Cc1cccc(NC(=O)CSc2nc(C(C)C)nc3c2c(=O)n(C)c(=O)n3C)c1. The van der Waals surface area contributed by atoms with Gasteiger partial charge in [0.05, 0.1) is 5.75 Å². The second-order valence-electron chi connectivity index (χ2n) is 7.15. The molecule has 0 fully saturated rings. The zero-order valence-corrected chi connectivity index (χ0v) is 17.8. The summed E-state index contributed by atoms with van der Waals surface area (Å²) in [6, 6.07) is 7.52. The molecule has 0 unspecified atom stereocenters. The summed E-state index contributed by atoms with van der Waals surface area (Å²) < 4.78 is 2.36. The van der Waals surface area contributed by atoms with Gasteiger partial charge in [0.15, 0.2) is 5.65 Å². The molecule has 1 amide bonds. The van der Waals surface area contributed by atoms with Gasteiger partial charge in [0.1, 0.15) is 16.2 Å². The van der Waals surface area contributed by atoms with Crippen LogP contribution in [0.2, 0.25) is 0 Å². The van der Waals surface area contributed by atoms with Gasteiger partial charge in [-0.3, -0.25) is 18.7 Å². The third-order valence-electron chi connectivity index (χ3n) is 4.44. The minimum atomic E-state index is -0.472. The first kappa shape index (κ1) is 20.8. The zero-order chi connectivity index (χ0) is 21.3. The Labute approximate surface area is 172 Å². The molecule has 0 atom stereocenters. The molecule has 2 heterocycles. The van der Waals surface area contributed by atoms with E-state index in [-0.39, 0.29) is 28.6 Å². The summed E-state index contributed by atoms with van der Waals surface area (Å²) >= 11 is 1.16. The van der Waals surface area contributed by atoms with Gasteiger partial charge in [0.2, 0.25) is 5.91 Å². The van der Waals surface area contributed by atoms with E-state index in [2.05, 4.69) is 15.3 Å².